The molecule has 102 valence electrons. The van der Waals surface area contributed by atoms with Crippen LogP contribution in [0.5, 0.6) is 0 Å². The molecule has 0 aliphatic heterocycles. The Labute approximate surface area is 131 Å². The van der Waals surface area contributed by atoms with E-state index in [1.54, 1.807) is 13.8 Å². The average molecular weight is 268 g/mol. The predicted molar refractivity (Wildman–Crippen MR) is 73.1 cm³/mol. The maximum atomic E-state index is 11.2. The molecule has 0 amide bonds. The van der Waals surface area contributed by atoms with Crippen molar-refractivity contribution in [1.82, 2.24) is 0 Å². The summed E-state index contributed by atoms with van der Waals surface area (Å²) in [6, 6.07) is 0. The second-order valence-corrected chi connectivity index (χ2v) is 4.90. The Morgan fingerprint density at radius 2 is 1.44 bits per heavy atom. The summed E-state index contributed by atoms with van der Waals surface area (Å²) in [5.74, 6) is -2.82. The zero-order chi connectivity index (χ0) is 13.5. The van der Waals surface area contributed by atoms with Gasteiger partial charge in [-0.15, -0.1) is 0 Å². The zero-order valence-corrected chi connectivity index (χ0v) is 11.0. The van der Waals surface area contributed by atoms with Crippen molar-refractivity contribution in [3.8, 4) is 0 Å². The van der Waals surface area contributed by atoms with Crippen LogP contribution < -0.4 is 0 Å². The molecule has 5 heteroatoms. The first-order valence-electron chi connectivity index (χ1n) is 6.36. The molecule has 0 unspecified atom stereocenters. The molecule has 0 radical (unpaired) electrons. The third kappa shape index (κ3) is 5.29. The van der Waals surface area contributed by atoms with Gasteiger partial charge in [-0.25, -0.2) is 0 Å². The predicted octanol–water partition coefficient (Wildman–Crippen LogP) is 2.51. The fourth-order valence-corrected chi connectivity index (χ4v) is 2.10. The third-order valence-electron chi connectivity index (χ3n) is 3.42. The number of rotatable bonds is 9. The molecule has 2 N–H and O–H groups in total. The number of hydrogen-bond donors (Lipinski definition) is 2. The van der Waals surface area contributed by atoms with E-state index in [1.165, 1.54) is 0 Å². The molecule has 0 aliphatic rings. The van der Waals surface area contributed by atoms with Crippen LogP contribution in [0.2, 0.25) is 0 Å². The van der Waals surface area contributed by atoms with Gasteiger partial charge < -0.3 is 10.2 Å². The molecular weight excluding hydrogens is 243 g/mol. The van der Waals surface area contributed by atoms with Crippen molar-refractivity contribution in [3.05, 3.63) is 0 Å². The van der Waals surface area contributed by atoms with E-state index in [9.17, 15) is 19.8 Å². The van der Waals surface area contributed by atoms with Gasteiger partial charge in [-0.3, -0.25) is 9.59 Å². The van der Waals surface area contributed by atoms with Crippen molar-refractivity contribution in [2.75, 3.05) is 0 Å². The van der Waals surface area contributed by atoms with Crippen LogP contribution in [0.3, 0.4) is 0 Å². The van der Waals surface area contributed by atoms with Crippen LogP contribution in [-0.2, 0) is 9.59 Å². The fraction of sp³-hybridized carbons (Fsp3) is 0.846. The summed E-state index contributed by atoms with van der Waals surface area (Å²) in [5, 5.41) is 18.4. The molecule has 0 fully saturated rings. The monoisotopic (exact) mass is 268 g/mol. The number of carboxylic acids is 2. The summed E-state index contributed by atoms with van der Waals surface area (Å²) in [6.45, 7) is 5.43. The summed E-state index contributed by atoms with van der Waals surface area (Å²) in [4.78, 5) is 22.5. The quantitative estimate of drug-likeness (QED) is 0.383. The molecule has 0 aromatic carbocycles. The second kappa shape index (κ2) is 9.82. The Morgan fingerprint density at radius 1 is 1.00 bits per heavy atom. The van der Waals surface area contributed by atoms with Gasteiger partial charge in [0.2, 0.25) is 0 Å². The van der Waals surface area contributed by atoms with Crippen molar-refractivity contribution >= 4 is 41.5 Å². The summed E-state index contributed by atoms with van der Waals surface area (Å²) in [7, 11) is 0. The summed E-state index contributed by atoms with van der Waals surface area (Å²) < 4.78 is 0. The van der Waals surface area contributed by atoms with E-state index in [-0.39, 0.29) is 36.0 Å². The number of hydrogen-bond acceptors (Lipinski definition) is 2. The molecule has 0 heterocycles. The molecular formula is C13H25NaO4. The Balaban J connectivity index is 0. The Morgan fingerprint density at radius 3 is 1.78 bits per heavy atom. The summed E-state index contributed by atoms with van der Waals surface area (Å²) in [6.07, 6.45) is 5.07. The fourth-order valence-electron chi connectivity index (χ4n) is 2.10. The van der Waals surface area contributed by atoms with E-state index in [0.717, 1.165) is 25.7 Å². The van der Waals surface area contributed by atoms with Gasteiger partial charge in [0, 0.05) is 0 Å². The minimum absolute atomic E-state index is 0. The molecule has 0 saturated heterocycles. The van der Waals surface area contributed by atoms with Crippen LogP contribution in [0.15, 0.2) is 0 Å². The number of aliphatic carboxylic acids is 2. The first-order valence-corrected chi connectivity index (χ1v) is 6.36. The maximum absolute atomic E-state index is 11.2. The first-order chi connectivity index (χ1) is 7.89. The van der Waals surface area contributed by atoms with Crippen molar-refractivity contribution in [1.29, 1.82) is 0 Å². The molecule has 0 atom stereocenters. The molecule has 18 heavy (non-hydrogen) atoms. The van der Waals surface area contributed by atoms with Crippen LogP contribution in [-0.4, -0.2) is 51.7 Å². The van der Waals surface area contributed by atoms with Gasteiger partial charge in [0.15, 0.2) is 5.41 Å². The minimum atomic E-state index is -1.62. The van der Waals surface area contributed by atoms with Crippen LogP contribution in [0.25, 0.3) is 0 Å². The molecule has 0 spiro atoms. The first kappa shape index (κ1) is 20.3. The third-order valence-corrected chi connectivity index (χ3v) is 3.42. The molecule has 0 rings (SSSR count). The second-order valence-electron chi connectivity index (χ2n) is 4.90. The summed E-state index contributed by atoms with van der Waals surface area (Å²) in [5.41, 5.74) is -1.62. The zero-order valence-electron chi connectivity index (χ0n) is 11.0. The molecule has 0 bridgehead atoms. The van der Waals surface area contributed by atoms with E-state index in [0.29, 0.717) is 6.42 Å². The van der Waals surface area contributed by atoms with Crippen LogP contribution in [0.1, 0.15) is 59.3 Å². The average Bonchev–Trinajstić information content (AvgIpc) is 2.21. The Hall–Kier alpha value is -0.0600. The number of carboxylic acid groups (broad SMARTS) is 2. The topological polar surface area (TPSA) is 74.6 Å². The SMILES string of the molecule is CCCCCCCC(C(=O)O)(C(=O)O)C(C)C.[NaH]. The van der Waals surface area contributed by atoms with Crippen molar-refractivity contribution in [2.45, 2.75) is 59.3 Å². The van der Waals surface area contributed by atoms with Crippen LogP contribution >= 0.6 is 0 Å². The van der Waals surface area contributed by atoms with Gasteiger partial charge >= 0.3 is 41.5 Å². The molecule has 0 aromatic heterocycles. The van der Waals surface area contributed by atoms with Gasteiger partial charge in [0.05, 0.1) is 0 Å². The van der Waals surface area contributed by atoms with Crippen LogP contribution in [0, 0.1) is 11.3 Å². The number of unbranched alkanes of at least 4 members (excludes halogenated alkanes) is 4. The van der Waals surface area contributed by atoms with E-state index >= 15 is 0 Å². The van der Waals surface area contributed by atoms with E-state index < -0.39 is 23.3 Å². The number of carbonyl (C=O) groups is 2. The van der Waals surface area contributed by atoms with Gasteiger partial charge in [-0.2, -0.15) is 0 Å². The summed E-state index contributed by atoms with van der Waals surface area (Å²) >= 11 is 0. The Bertz CT molecular complexity index is 250. The van der Waals surface area contributed by atoms with Gasteiger partial charge in [-0.05, 0) is 12.3 Å². The van der Waals surface area contributed by atoms with Gasteiger partial charge in [-0.1, -0.05) is 52.9 Å². The van der Waals surface area contributed by atoms with E-state index in [4.69, 9.17) is 0 Å². The van der Waals surface area contributed by atoms with Crippen molar-refractivity contribution in [3.63, 3.8) is 0 Å². The van der Waals surface area contributed by atoms with E-state index in [2.05, 4.69) is 6.92 Å². The molecule has 0 saturated carbocycles. The molecule has 0 aliphatic carbocycles. The van der Waals surface area contributed by atoms with Gasteiger partial charge in [0.25, 0.3) is 0 Å². The molecule has 0 aromatic rings. The van der Waals surface area contributed by atoms with Crippen LogP contribution in [0.4, 0.5) is 0 Å². The van der Waals surface area contributed by atoms with Crippen molar-refractivity contribution < 1.29 is 19.8 Å². The normalized spacial score (nSPS) is 11.1. The van der Waals surface area contributed by atoms with Crippen molar-refractivity contribution in [2.24, 2.45) is 11.3 Å². The Kier molecular flexibility index (Phi) is 11.0. The molecule has 4 nitrogen and oxygen atoms in total. The van der Waals surface area contributed by atoms with Gasteiger partial charge in [0.1, 0.15) is 0 Å². The van der Waals surface area contributed by atoms with E-state index in [1.807, 2.05) is 0 Å². The standard InChI is InChI=1S/C13H24O4.Na.H/c1-4-5-6-7-8-9-13(10(2)3,11(14)15)12(16)17;;/h10H,4-9H2,1-3H3,(H,14,15)(H,16,17);;.